The first-order valence-corrected chi connectivity index (χ1v) is 21.5. The number of unbranched alkanes of at least 4 members (excludes halogenated alkanes) is 18. The summed E-state index contributed by atoms with van der Waals surface area (Å²) in [6.07, 6.45) is 57.1. The van der Waals surface area contributed by atoms with Crippen LogP contribution in [0, 0.1) is 0 Å². The van der Waals surface area contributed by atoms with Crippen LogP contribution in [0.5, 0.6) is 0 Å². The van der Waals surface area contributed by atoms with Crippen molar-refractivity contribution in [3.63, 3.8) is 0 Å². The Labute approximate surface area is 321 Å². The fraction of sp³-hybridized carbons (Fsp3) is 0.702. The minimum absolute atomic E-state index is 0.0676. The maximum Gasteiger partial charge on any atom is 0.306 e. The van der Waals surface area contributed by atoms with Crippen LogP contribution in [0.3, 0.4) is 0 Å². The van der Waals surface area contributed by atoms with E-state index in [1.165, 1.54) is 89.9 Å². The Morgan fingerprint density at radius 2 is 0.827 bits per heavy atom. The van der Waals surface area contributed by atoms with Gasteiger partial charge in [-0.05, 0) is 64.2 Å². The number of ether oxygens (including phenoxy) is 2. The molecule has 0 bridgehead atoms. The molecule has 0 saturated carbocycles. The lowest BCUT2D eigenvalue weighted by Crippen LogP contribution is -2.28. The van der Waals surface area contributed by atoms with Gasteiger partial charge in [0.15, 0.2) is 6.10 Å². The van der Waals surface area contributed by atoms with Crippen molar-refractivity contribution in [2.75, 3.05) is 13.2 Å². The van der Waals surface area contributed by atoms with Crippen molar-refractivity contribution in [2.24, 2.45) is 0 Å². The minimum Gasteiger partial charge on any atom is -0.462 e. The third-order valence-electron chi connectivity index (χ3n) is 9.01. The number of carbonyl (C=O) groups excluding carboxylic acids is 2. The molecule has 0 aromatic carbocycles. The molecule has 298 valence electrons. The predicted molar refractivity (Wildman–Crippen MR) is 223 cm³/mol. The van der Waals surface area contributed by atoms with Crippen LogP contribution in [-0.2, 0) is 19.1 Å². The molecule has 5 heteroatoms. The van der Waals surface area contributed by atoms with Gasteiger partial charge in [-0.15, -0.1) is 0 Å². The zero-order chi connectivity index (χ0) is 37.8. The number of hydrogen-bond acceptors (Lipinski definition) is 5. The quantitative estimate of drug-likeness (QED) is 0.0390. The highest BCUT2D eigenvalue weighted by Crippen LogP contribution is 2.14. The Balaban J connectivity index is 3.51. The van der Waals surface area contributed by atoms with Gasteiger partial charge in [0, 0.05) is 12.8 Å². The van der Waals surface area contributed by atoms with Crippen LogP contribution in [0.2, 0.25) is 0 Å². The molecule has 5 nitrogen and oxygen atoms in total. The first-order valence-electron chi connectivity index (χ1n) is 21.5. The Kier molecular flexibility index (Phi) is 40.6. The van der Waals surface area contributed by atoms with Gasteiger partial charge in [0.2, 0.25) is 0 Å². The third kappa shape index (κ3) is 40.1. The second kappa shape index (κ2) is 42.8. The summed E-state index contributed by atoms with van der Waals surface area (Å²) in [6.45, 7) is 3.97. The van der Waals surface area contributed by atoms with Gasteiger partial charge in [-0.25, -0.2) is 0 Å². The molecular weight excluding hydrogens is 645 g/mol. The van der Waals surface area contributed by atoms with Crippen LogP contribution >= 0.6 is 0 Å². The average Bonchev–Trinajstić information content (AvgIpc) is 3.15. The average molecular weight is 725 g/mol. The number of allylic oxidation sites excluding steroid dienone is 12. The van der Waals surface area contributed by atoms with Crippen molar-refractivity contribution in [3.05, 3.63) is 72.9 Å². The monoisotopic (exact) mass is 725 g/mol. The van der Waals surface area contributed by atoms with E-state index >= 15 is 0 Å². The SMILES string of the molecule is CC/C=C\C/C=C\C/C=C\C/C=C\C/C=C\C/C=C\CCCCCCCCCCCCCCC(=O)OC(CO)COC(=O)CCCCCCCCC. The predicted octanol–water partition coefficient (Wildman–Crippen LogP) is 13.7. The topological polar surface area (TPSA) is 72.8 Å². The molecule has 0 amide bonds. The second-order valence-corrected chi connectivity index (χ2v) is 14.0. The Bertz CT molecular complexity index is 957. The third-order valence-corrected chi connectivity index (χ3v) is 9.01. The van der Waals surface area contributed by atoms with Crippen molar-refractivity contribution in [3.8, 4) is 0 Å². The molecular formula is C47H80O5. The molecule has 52 heavy (non-hydrogen) atoms. The smallest absolute Gasteiger partial charge is 0.306 e. The van der Waals surface area contributed by atoms with E-state index in [1.807, 2.05) is 0 Å². The summed E-state index contributed by atoms with van der Waals surface area (Å²) in [5.74, 6) is -0.602. The van der Waals surface area contributed by atoms with Crippen LogP contribution in [0.15, 0.2) is 72.9 Å². The minimum atomic E-state index is -0.770. The van der Waals surface area contributed by atoms with Gasteiger partial charge in [0.05, 0.1) is 6.61 Å². The maximum atomic E-state index is 12.2. The van der Waals surface area contributed by atoms with E-state index < -0.39 is 6.10 Å². The summed E-state index contributed by atoms with van der Waals surface area (Å²) in [5, 5.41) is 9.52. The number of hydrogen-bond donors (Lipinski definition) is 1. The van der Waals surface area contributed by atoms with E-state index in [0.717, 1.165) is 77.0 Å². The molecule has 0 fully saturated rings. The number of esters is 2. The lowest BCUT2D eigenvalue weighted by atomic mass is 10.0. The van der Waals surface area contributed by atoms with E-state index in [-0.39, 0.29) is 25.2 Å². The molecule has 0 radical (unpaired) electrons. The van der Waals surface area contributed by atoms with Crippen molar-refractivity contribution >= 4 is 11.9 Å². The Morgan fingerprint density at radius 1 is 0.462 bits per heavy atom. The van der Waals surface area contributed by atoms with Crippen molar-refractivity contribution in [1.82, 2.24) is 0 Å². The van der Waals surface area contributed by atoms with Gasteiger partial charge in [-0.2, -0.15) is 0 Å². The van der Waals surface area contributed by atoms with Crippen LogP contribution in [0.4, 0.5) is 0 Å². The van der Waals surface area contributed by atoms with Gasteiger partial charge in [0.1, 0.15) is 6.61 Å². The molecule has 0 heterocycles. The van der Waals surface area contributed by atoms with E-state index in [4.69, 9.17) is 9.47 Å². The number of rotatable bonds is 38. The molecule has 0 aliphatic carbocycles. The molecule has 0 rings (SSSR count). The molecule has 0 spiro atoms. The zero-order valence-corrected chi connectivity index (χ0v) is 33.8. The summed E-state index contributed by atoms with van der Waals surface area (Å²) in [4.78, 5) is 24.1. The van der Waals surface area contributed by atoms with Crippen molar-refractivity contribution in [2.45, 2.75) is 200 Å². The second-order valence-electron chi connectivity index (χ2n) is 14.0. The molecule has 0 saturated heterocycles. The van der Waals surface area contributed by atoms with E-state index in [1.54, 1.807) is 0 Å². The van der Waals surface area contributed by atoms with Gasteiger partial charge in [-0.3, -0.25) is 9.59 Å². The first kappa shape index (κ1) is 49.3. The van der Waals surface area contributed by atoms with E-state index in [0.29, 0.717) is 12.8 Å². The summed E-state index contributed by atoms with van der Waals surface area (Å²) in [5.41, 5.74) is 0. The fourth-order valence-electron chi connectivity index (χ4n) is 5.79. The van der Waals surface area contributed by atoms with Crippen molar-refractivity contribution < 1.29 is 24.2 Å². The van der Waals surface area contributed by atoms with Gasteiger partial charge in [-0.1, -0.05) is 189 Å². The van der Waals surface area contributed by atoms with Gasteiger partial charge in [0.25, 0.3) is 0 Å². The highest BCUT2D eigenvalue weighted by molar-refractivity contribution is 5.70. The number of aliphatic hydroxyl groups is 1. The Morgan fingerprint density at radius 3 is 1.25 bits per heavy atom. The van der Waals surface area contributed by atoms with Crippen molar-refractivity contribution in [1.29, 1.82) is 0 Å². The van der Waals surface area contributed by atoms with E-state index in [9.17, 15) is 14.7 Å². The summed E-state index contributed by atoms with van der Waals surface area (Å²) < 4.78 is 10.5. The molecule has 0 aromatic heterocycles. The summed E-state index contributed by atoms with van der Waals surface area (Å²) in [6, 6.07) is 0. The highest BCUT2D eigenvalue weighted by atomic mass is 16.6. The lowest BCUT2D eigenvalue weighted by molar-refractivity contribution is -0.161. The largest absolute Gasteiger partial charge is 0.462 e. The Hall–Kier alpha value is -2.66. The molecule has 1 N–H and O–H groups in total. The van der Waals surface area contributed by atoms with Crippen LogP contribution in [0.25, 0.3) is 0 Å². The summed E-state index contributed by atoms with van der Waals surface area (Å²) in [7, 11) is 0. The molecule has 1 atom stereocenters. The fourth-order valence-corrected chi connectivity index (χ4v) is 5.79. The molecule has 0 aromatic rings. The first-order chi connectivity index (χ1) is 25.6. The number of aliphatic hydroxyl groups excluding tert-OH is 1. The van der Waals surface area contributed by atoms with Gasteiger partial charge < -0.3 is 14.6 Å². The maximum absolute atomic E-state index is 12.2. The van der Waals surface area contributed by atoms with Gasteiger partial charge >= 0.3 is 11.9 Å². The highest BCUT2D eigenvalue weighted by Gasteiger charge is 2.16. The van der Waals surface area contributed by atoms with E-state index in [2.05, 4.69) is 86.8 Å². The summed E-state index contributed by atoms with van der Waals surface area (Å²) >= 11 is 0. The standard InChI is InChI=1S/C47H80O5/c1-3-5-7-9-11-12-13-14-15-16-17-18-19-20-21-22-23-24-25-26-27-28-29-30-31-32-33-34-36-38-40-42-47(50)52-45(43-48)44-51-46(49)41-39-37-35-10-8-6-4-2/h5,7,11-12,14-15,17-18,20-21,23-24,45,48H,3-4,6,8-10,13,16,19,22,25-44H2,1-2H3/b7-5-,12-11-,15-14-,18-17-,21-20-,24-23-. The number of carbonyl (C=O) groups is 2. The zero-order valence-electron chi connectivity index (χ0n) is 33.8. The molecule has 0 aliphatic rings. The molecule has 1 unspecified atom stereocenters. The van der Waals surface area contributed by atoms with Crippen LogP contribution in [0.1, 0.15) is 194 Å². The van der Waals surface area contributed by atoms with Crippen LogP contribution < -0.4 is 0 Å². The lowest BCUT2D eigenvalue weighted by Gasteiger charge is -2.15. The molecule has 0 aliphatic heterocycles. The van der Waals surface area contributed by atoms with Crippen LogP contribution in [-0.4, -0.2) is 36.4 Å². The normalized spacial score (nSPS) is 12.9.